The fourth-order valence-electron chi connectivity index (χ4n) is 3.08. The van der Waals surface area contributed by atoms with Crippen LogP contribution in [0.1, 0.15) is 57.7 Å². The number of nitrogens with one attached hydrogen (secondary N) is 1. The van der Waals surface area contributed by atoms with Gasteiger partial charge in [0, 0.05) is 0 Å². The van der Waals surface area contributed by atoms with Crippen molar-refractivity contribution in [3.8, 4) is 0 Å². The molecule has 0 saturated carbocycles. The van der Waals surface area contributed by atoms with Gasteiger partial charge in [0.2, 0.25) is 5.91 Å². The lowest BCUT2D eigenvalue weighted by molar-refractivity contribution is -0.117. The summed E-state index contributed by atoms with van der Waals surface area (Å²) in [6.45, 7) is 3.70. The van der Waals surface area contributed by atoms with E-state index in [0.717, 1.165) is 37.3 Å². The maximum Gasteiger partial charge on any atom is 0.348 e. The van der Waals surface area contributed by atoms with Crippen molar-refractivity contribution in [1.82, 2.24) is 4.90 Å². The average Bonchev–Trinajstić information content (AvgIpc) is 2.91. The summed E-state index contributed by atoms with van der Waals surface area (Å²) < 4.78 is 9.55. The van der Waals surface area contributed by atoms with Crippen LogP contribution < -0.4 is 5.32 Å². The Labute approximate surface area is 157 Å². The van der Waals surface area contributed by atoms with Crippen LogP contribution in [0.15, 0.2) is 0 Å². The van der Waals surface area contributed by atoms with Crippen molar-refractivity contribution in [2.45, 2.75) is 39.0 Å². The normalized spacial score (nSPS) is 15.7. The number of hydrogen-bond donors (Lipinski definition) is 1. The van der Waals surface area contributed by atoms with Crippen LogP contribution in [0.25, 0.3) is 0 Å². The molecule has 0 aromatic carbocycles. The number of esters is 2. The fourth-order valence-corrected chi connectivity index (χ4v) is 4.21. The van der Waals surface area contributed by atoms with E-state index in [0.29, 0.717) is 10.6 Å². The van der Waals surface area contributed by atoms with E-state index < -0.39 is 11.9 Å². The molecule has 0 aliphatic carbocycles. The second kappa shape index (κ2) is 9.68. The first-order valence-electron chi connectivity index (χ1n) is 8.80. The van der Waals surface area contributed by atoms with Crippen molar-refractivity contribution < 1.29 is 23.9 Å². The number of carbonyl (C=O) groups excluding carboxylic acids is 3. The lowest BCUT2D eigenvalue weighted by Crippen LogP contribution is -2.35. The first-order chi connectivity index (χ1) is 12.5. The zero-order chi connectivity index (χ0) is 19.1. The van der Waals surface area contributed by atoms with E-state index in [1.807, 2.05) is 0 Å². The van der Waals surface area contributed by atoms with Crippen LogP contribution in [-0.2, 0) is 14.3 Å². The number of thiophene rings is 1. The van der Waals surface area contributed by atoms with E-state index in [2.05, 4.69) is 10.2 Å². The zero-order valence-corrected chi connectivity index (χ0v) is 16.4. The number of nitrogens with zero attached hydrogens (tertiary/aromatic N) is 1. The summed E-state index contributed by atoms with van der Waals surface area (Å²) in [6, 6.07) is 0. The Kier molecular flexibility index (Phi) is 7.59. The lowest BCUT2D eigenvalue weighted by Gasteiger charge is -2.23. The zero-order valence-electron chi connectivity index (χ0n) is 15.6. The maximum atomic E-state index is 12.5. The fraction of sp³-hybridized carbons (Fsp3) is 0.611. The standard InChI is InChI=1S/C18H26N2O5S/c1-12-14(17(22)24-2)16(26-15(12)18(23)25-3)19-13(21)11-20-9-7-5-4-6-8-10-20/h4-11H2,1-3H3,(H,19,21). The van der Waals surface area contributed by atoms with Crippen LogP contribution in [0.3, 0.4) is 0 Å². The van der Waals surface area contributed by atoms with E-state index in [9.17, 15) is 14.4 Å². The molecule has 1 aromatic heterocycles. The summed E-state index contributed by atoms with van der Waals surface area (Å²) >= 11 is 1.03. The van der Waals surface area contributed by atoms with Crippen LogP contribution in [0.2, 0.25) is 0 Å². The first-order valence-corrected chi connectivity index (χ1v) is 9.61. The summed E-state index contributed by atoms with van der Waals surface area (Å²) in [7, 11) is 2.54. The number of anilines is 1. The predicted octanol–water partition coefficient (Wildman–Crippen LogP) is 2.83. The molecule has 1 saturated heterocycles. The molecule has 1 aliphatic heterocycles. The molecule has 2 heterocycles. The molecule has 0 unspecified atom stereocenters. The van der Waals surface area contributed by atoms with Gasteiger partial charge in [-0.1, -0.05) is 19.3 Å². The van der Waals surface area contributed by atoms with E-state index in [4.69, 9.17) is 9.47 Å². The van der Waals surface area contributed by atoms with Crippen LogP contribution in [0.4, 0.5) is 5.00 Å². The van der Waals surface area contributed by atoms with Gasteiger partial charge in [-0.05, 0) is 38.4 Å². The molecule has 1 aromatic rings. The molecule has 1 N–H and O–H groups in total. The number of amides is 1. The molecular formula is C18H26N2O5S. The van der Waals surface area contributed by atoms with Gasteiger partial charge < -0.3 is 14.8 Å². The Balaban J connectivity index is 2.14. The highest BCUT2D eigenvalue weighted by molar-refractivity contribution is 7.18. The van der Waals surface area contributed by atoms with Gasteiger partial charge in [0.25, 0.3) is 0 Å². The van der Waals surface area contributed by atoms with E-state index >= 15 is 0 Å². The molecular weight excluding hydrogens is 356 g/mol. The summed E-state index contributed by atoms with van der Waals surface area (Å²) in [5.41, 5.74) is 0.661. The van der Waals surface area contributed by atoms with Gasteiger partial charge in [-0.15, -0.1) is 11.3 Å². The first kappa shape index (κ1) is 20.4. The highest BCUT2D eigenvalue weighted by atomic mass is 32.1. The van der Waals surface area contributed by atoms with Gasteiger partial charge >= 0.3 is 11.9 Å². The number of ether oxygens (including phenoxy) is 2. The van der Waals surface area contributed by atoms with Crippen LogP contribution in [-0.4, -0.2) is 56.6 Å². The van der Waals surface area contributed by atoms with Crippen LogP contribution in [0, 0.1) is 6.92 Å². The molecule has 1 aliphatic rings. The van der Waals surface area contributed by atoms with Gasteiger partial charge in [0.15, 0.2) is 0 Å². The van der Waals surface area contributed by atoms with Gasteiger partial charge in [0.1, 0.15) is 9.88 Å². The third-order valence-corrected chi connectivity index (χ3v) is 5.66. The highest BCUT2D eigenvalue weighted by Crippen LogP contribution is 2.34. The second-order valence-corrected chi connectivity index (χ2v) is 7.36. The second-order valence-electron chi connectivity index (χ2n) is 6.34. The predicted molar refractivity (Wildman–Crippen MR) is 99.9 cm³/mol. The minimum Gasteiger partial charge on any atom is -0.465 e. The molecule has 144 valence electrons. The molecule has 0 bridgehead atoms. The summed E-state index contributed by atoms with van der Waals surface area (Å²) in [6.07, 6.45) is 5.82. The number of rotatable bonds is 5. The van der Waals surface area contributed by atoms with Crippen molar-refractivity contribution in [2.24, 2.45) is 0 Å². The molecule has 26 heavy (non-hydrogen) atoms. The SMILES string of the molecule is COC(=O)c1sc(NC(=O)CN2CCCCCCC2)c(C(=O)OC)c1C. The molecule has 0 spiro atoms. The van der Waals surface area contributed by atoms with Crippen molar-refractivity contribution in [3.05, 3.63) is 16.0 Å². The van der Waals surface area contributed by atoms with Gasteiger partial charge in [-0.2, -0.15) is 0 Å². The minimum atomic E-state index is -0.588. The molecule has 8 heteroatoms. The molecule has 7 nitrogen and oxygen atoms in total. The highest BCUT2D eigenvalue weighted by Gasteiger charge is 2.27. The quantitative estimate of drug-likeness (QED) is 0.788. The van der Waals surface area contributed by atoms with Gasteiger partial charge in [-0.25, -0.2) is 9.59 Å². The molecule has 1 fully saturated rings. The summed E-state index contributed by atoms with van der Waals surface area (Å²) in [5, 5.41) is 3.10. The molecule has 1 amide bonds. The monoisotopic (exact) mass is 382 g/mol. The number of carbonyl (C=O) groups is 3. The van der Waals surface area contributed by atoms with Gasteiger partial charge in [0.05, 0.1) is 26.3 Å². The largest absolute Gasteiger partial charge is 0.465 e. The van der Waals surface area contributed by atoms with Crippen LogP contribution in [0.5, 0.6) is 0 Å². The maximum absolute atomic E-state index is 12.5. The molecule has 0 atom stereocenters. The third kappa shape index (κ3) is 5.04. The van der Waals surface area contributed by atoms with Crippen molar-refractivity contribution >= 4 is 34.2 Å². The topological polar surface area (TPSA) is 84.9 Å². The van der Waals surface area contributed by atoms with Crippen molar-refractivity contribution in [1.29, 1.82) is 0 Å². The average molecular weight is 382 g/mol. The molecule has 2 rings (SSSR count). The smallest absolute Gasteiger partial charge is 0.348 e. The van der Waals surface area contributed by atoms with Crippen molar-refractivity contribution in [2.75, 3.05) is 39.2 Å². The Morgan fingerprint density at radius 3 is 2.15 bits per heavy atom. The lowest BCUT2D eigenvalue weighted by atomic mass is 10.1. The van der Waals surface area contributed by atoms with Crippen molar-refractivity contribution in [3.63, 3.8) is 0 Å². The van der Waals surface area contributed by atoms with E-state index in [1.165, 1.54) is 33.5 Å². The van der Waals surface area contributed by atoms with Gasteiger partial charge in [-0.3, -0.25) is 9.69 Å². The minimum absolute atomic E-state index is 0.201. The Hall–Kier alpha value is -1.93. The third-order valence-electron chi connectivity index (χ3n) is 4.48. The number of likely N-dealkylation sites (tertiary alicyclic amines) is 1. The molecule has 0 radical (unpaired) electrons. The number of methoxy groups -OCH3 is 2. The Morgan fingerprint density at radius 1 is 1.00 bits per heavy atom. The summed E-state index contributed by atoms with van der Waals surface area (Å²) in [4.78, 5) is 38.9. The number of hydrogen-bond acceptors (Lipinski definition) is 7. The van der Waals surface area contributed by atoms with Crippen LogP contribution >= 0.6 is 11.3 Å². The van der Waals surface area contributed by atoms with E-state index in [1.54, 1.807) is 6.92 Å². The summed E-state index contributed by atoms with van der Waals surface area (Å²) in [5.74, 6) is -1.33. The Bertz CT molecular complexity index is 663. The van der Waals surface area contributed by atoms with E-state index in [-0.39, 0.29) is 22.9 Å². The Morgan fingerprint density at radius 2 is 1.58 bits per heavy atom.